The fourth-order valence-electron chi connectivity index (χ4n) is 4.49. The lowest BCUT2D eigenvalue weighted by molar-refractivity contribution is 0.0742. The molecule has 2 heterocycles. The topological polar surface area (TPSA) is 125 Å². The number of nitrogens with zero attached hydrogens (tertiary/aromatic N) is 4. The van der Waals surface area contributed by atoms with Gasteiger partial charge in [0.25, 0.3) is 0 Å². The zero-order valence-electron chi connectivity index (χ0n) is 24.6. The zero-order chi connectivity index (χ0) is 29.5. The summed E-state index contributed by atoms with van der Waals surface area (Å²) in [6.45, 7) is 12.8. The Morgan fingerprint density at radius 1 is 1.22 bits per heavy atom. The second-order valence-corrected chi connectivity index (χ2v) is 11.7. The number of anilines is 2. The Morgan fingerprint density at radius 2 is 1.95 bits per heavy atom. The second kappa shape index (κ2) is 14.0. The van der Waals surface area contributed by atoms with Crippen molar-refractivity contribution in [3.05, 3.63) is 58.2 Å². The summed E-state index contributed by atoms with van der Waals surface area (Å²) >= 11 is 1.47. The summed E-state index contributed by atoms with van der Waals surface area (Å²) in [5.74, 6) is 1.86. The molecule has 220 valence electrons. The first-order valence-corrected chi connectivity index (χ1v) is 15.1. The van der Waals surface area contributed by atoms with Crippen molar-refractivity contribution in [1.82, 2.24) is 15.0 Å². The second-order valence-electron chi connectivity index (χ2n) is 10.7. The van der Waals surface area contributed by atoms with Gasteiger partial charge in [-0.2, -0.15) is 4.98 Å². The van der Waals surface area contributed by atoms with E-state index in [-0.39, 0.29) is 25.1 Å². The lowest BCUT2D eigenvalue weighted by atomic mass is 10.0. The van der Waals surface area contributed by atoms with E-state index in [4.69, 9.17) is 19.7 Å². The van der Waals surface area contributed by atoms with Crippen LogP contribution in [-0.4, -0.2) is 64.0 Å². The number of aliphatic imine (C=N–C) groups is 1. The van der Waals surface area contributed by atoms with E-state index in [9.17, 15) is 10.2 Å². The number of aliphatic hydroxyl groups excluding tert-OH is 2. The first kappa shape index (κ1) is 30.6. The Hall–Kier alpha value is -3.34. The number of hydrogen-bond acceptors (Lipinski definition) is 10. The third-order valence-corrected chi connectivity index (χ3v) is 8.47. The quantitative estimate of drug-likeness (QED) is 0.143. The number of hydrogen-bond donors (Lipinski definition) is 4. The Balaban J connectivity index is 1.69. The molecule has 0 aliphatic heterocycles. The summed E-state index contributed by atoms with van der Waals surface area (Å²) in [4.78, 5) is 19.8. The van der Waals surface area contributed by atoms with Gasteiger partial charge in [-0.3, -0.25) is 4.99 Å². The zero-order valence-corrected chi connectivity index (χ0v) is 25.5. The summed E-state index contributed by atoms with van der Waals surface area (Å²) in [6.07, 6.45) is 4.04. The van der Waals surface area contributed by atoms with E-state index in [1.165, 1.54) is 29.7 Å². The number of thiazole rings is 1. The van der Waals surface area contributed by atoms with Crippen molar-refractivity contribution < 1.29 is 14.9 Å². The van der Waals surface area contributed by atoms with Gasteiger partial charge in [0, 0.05) is 26.1 Å². The summed E-state index contributed by atoms with van der Waals surface area (Å²) in [5.41, 5.74) is 4.44. The standard InChI is InChI=1S/C31H42N6O3S/c1-7-22(16-38)24(39)15-33-28-26(20(5)35-31(37-28)34-19(4)23-13-9-18(3)10-14-23)30-36-27(25(8-2)41-30)29(32-6)40-17-21-11-12-21/h8-10,13-14,19,21-22,24,38-39H,2,7,11-12,15-17H2,1,3-6H3,(H2,33,34,35,37)/t19-,22?,24+/m1/s1. The molecule has 9 nitrogen and oxygen atoms in total. The van der Waals surface area contributed by atoms with E-state index in [2.05, 4.69) is 60.3 Å². The molecule has 0 saturated heterocycles. The first-order chi connectivity index (χ1) is 19.8. The molecule has 3 aromatic rings. The van der Waals surface area contributed by atoms with Crippen LogP contribution in [0.4, 0.5) is 11.8 Å². The molecule has 41 heavy (non-hydrogen) atoms. The molecule has 4 N–H and O–H groups in total. The van der Waals surface area contributed by atoms with Crippen LogP contribution < -0.4 is 10.6 Å². The van der Waals surface area contributed by atoms with Crippen LogP contribution in [0, 0.1) is 25.7 Å². The lowest BCUT2D eigenvalue weighted by Crippen LogP contribution is -2.30. The summed E-state index contributed by atoms with van der Waals surface area (Å²) in [5, 5.41) is 27.9. The molecule has 1 unspecified atom stereocenters. The van der Waals surface area contributed by atoms with Crippen LogP contribution in [-0.2, 0) is 4.74 Å². The first-order valence-electron chi connectivity index (χ1n) is 14.3. The highest BCUT2D eigenvalue weighted by Gasteiger charge is 2.26. The summed E-state index contributed by atoms with van der Waals surface area (Å²) < 4.78 is 6.03. The van der Waals surface area contributed by atoms with E-state index < -0.39 is 6.10 Å². The number of aliphatic hydroxyl groups is 2. The van der Waals surface area contributed by atoms with Crippen LogP contribution in [0.25, 0.3) is 16.6 Å². The smallest absolute Gasteiger partial charge is 0.236 e. The number of aryl methyl sites for hydroxylation is 2. The normalized spacial score (nSPS) is 15.7. The molecule has 2 aromatic heterocycles. The van der Waals surface area contributed by atoms with E-state index >= 15 is 0 Å². The van der Waals surface area contributed by atoms with Gasteiger partial charge in [0.1, 0.15) is 16.5 Å². The molecule has 1 aromatic carbocycles. The Kier molecular flexibility index (Phi) is 10.5. The van der Waals surface area contributed by atoms with E-state index in [0.29, 0.717) is 47.3 Å². The lowest BCUT2D eigenvalue weighted by Gasteiger charge is -2.22. The predicted octanol–water partition coefficient (Wildman–Crippen LogP) is 5.63. The van der Waals surface area contributed by atoms with Crippen LogP contribution in [0.5, 0.6) is 0 Å². The number of ether oxygens (including phenoxy) is 1. The minimum Gasteiger partial charge on any atom is -0.476 e. The van der Waals surface area contributed by atoms with Crippen LogP contribution in [0.1, 0.15) is 66.5 Å². The third kappa shape index (κ3) is 7.69. The molecule has 1 saturated carbocycles. The summed E-state index contributed by atoms with van der Waals surface area (Å²) in [7, 11) is 1.71. The van der Waals surface area contributed by atoms with E-state index in [0.717, 1.165) is 21.7 Å². The SMILES string of the molecule is C=Cc1sc(-c2c(C)nc(N[C@H](C)c3ccc(C)cc3)nc2NC[C@H](O)C(CC)CO)nc1C(=NC)OCC1CC1. The van der Waals surface area contributed by atoms with Crippen molar-refractivity contribution in [1.29, 1.82) is 0 Å². The highest BCUT2D eigenvalue weighted by molar-refractivity contribution is 7.16. The van der Waals surface area contributed by atoms with Crippen LogP contribution >= 0.6 is 11.3 Å². The number of rotatable bonds is 14. The van der Waals surface area contributed by atoms with Crippen LogP contribution in [0.15, 0.2) is 35.8 Å². The minimum atomic E-state index is -0.749. The maximum Gasteiger partial charge on any atom is 0.236 e. The van der Waals surface area contributed by atoms with Crippen molar-refractivity contribution in [3.63, 3.8) is 0 Å². The third-order valence-electron chi connectivity index (χ3n) is 7.41. The molecule has 3 atom stereocenters. The largest absolute Gasteiger partial charge is 0.476 e. The van der Waals surface area contributed by atoms with Gasteiger partial charge < -0.3 is 25.6 Å². The Morgan fingerprint density at radius 3 is 2.56 bits per heavy atom. The van der Waals surface area contributed by atoms with Gasteiger partial charge in [0.2, 0.25) is 11.8 Å². The van der Waals surface area contributed by atoms with Gasteiger partial charge in [-0.1, -0.05) is 43.3 Å². The number of nitrogens with one attached hydrogen (secondary N) is 2. The predicted molar refractivity (Wildman–Crippen MR) is 168 cm³/mol. The van der Waals surface area contributed by atoms with E-state index in [1.54, 1.807) is 13.1 Å². The molecule has 0 radical (unpaired) electrons. The van der Waals surface area contributed by atoms with Crippen molar-refractivity contribution in [2.24, 2.45) is 16.8 Å². The molecule has 4 rings (SSSR count). The molecular formula is C31H42N6O3S. The molecular weight excluding hydrogens is 536 g/mol. The van der Waals surface area contributed by atoms with Crippen molar-refractivity contribution in [2.75, 3.05) is 37.4 Å². The summed E-state index contributed by atoms with van der Waals surface area (Å²) in [6, 6.07) is 8.33. The monoisotopic (exact) mass is 578 g/mol. The fourth-order valence-corrected chi connectivity index (χ4v) is 5.50. The van der Waals surface area contributed by atoms with Gasteiger partial charge in [0.15, 0.2) is 0 Å². The van der Waals surface area contributed by atoms with Crippen LogP contribution in [0.2, 0.25) is 0 Å². The van der Waals surface area contributed by atoms with Crippen LogP contribution in [0.3, 0.4) is 0 Å². The maximum absolute atomic E-state index is 10.7. The molecule has 0 bridgehead atoms. The highest BCUT2D eigenvalue weighted by Crippen LogP contribution is 2.37. The Bertz CT molecular complexity index is 1350. The molecule has 10 heteroatoms. The van der Waals surface area contributed by atoms with Gasteiger partial charge in [-0.05, 0) is 57.6 Å². The van der Waals surface area contributed by atoms with Gasteiger partial charge >= 0.3 is 0 Å². The number of benzene rings is 1. The molecule has 1 aliphatic carbocycles. The average Bonchev–Trinajstić information content (AvgIpc) is 3.70. The van der Waals surface area contributed by atoms with Crippen molar-refractivity contribution in [2.45, 2.75) is 59.1 Å². The molecule has 0 amide bonds. The number of aromatic nitrogens is 3. The van der Waals surface area contributed by atoms with Gasteiger partial charge in [-0.15, -0.1) is 11.3 Å². The molecule has 0 spiro atoms. The fraction of sp³-hybridized carbons (Fsp3) is 0.484. The Labute approximate surface area is 246 Å². The van der Waals surface area contributed by atoms with Gasteiger partial charge in [-0.25, -0.2) is 9.97 Å². The maximum atomic E-state index is 10.7. The van der Waals surface area contributed by atoms with Gasteiger partial charge in [0.05, 0.1) is 34.9 Å². The molecule has 1 fully saturated rings. The van der Waals surface area contributed by atoms with E-state index in [1.807, 2.05) is 13.8 Å². The van der Waals surface area contributed by atoms with Crippen molar-refractivity contribution >= 4 is 35.1 Å². The molecule has 1 aliphatic rings. The minimum absolute atomic E-state index is 0.0241. The van der Waals surface area contributed by atoms with Crippen molar-refractivity contribution in [3.8, 4) is 10.6 Å². The highest BCUT2D eigenvalue weighted by atomic mass is 32.1. The average molecular weight is 579 g/mol.